The minimum atomic E-state index is -0.401. The van der Waals surface area contributed by atoms with Gasteiger partial charge in [-0.05, 0) is 47.4 Å². The molecule has 0 amide bonds. The summed E-state index contributed by atoms with van der Waals surface area (Å²) >= 11 is 7.50. The molecule has 4 aromatic rings. The van der Waals surface area contributed by atoms with Gasteiger partial charge in [-0.2, -0.15) is 0 Å². The van der Waals surface area contributed by atoms with E-state index < -0.39 is 4.92 Å². The molecule has 0 aliphatic heterocycles. The minimum Gasteiger partial charge on any atom is -0.258 e. The van der Waals surface area contributed by atoms with Crippen molar-refractivity contribution in [3.63, 3.8) is 0 Å². The Balaban J connectivity index is 1.76. The van der Waals surface area contributed by atoms with E-state index in [0.29, 0.717) is 10.2 Å². The lowest BCUT2D eigenvalue weighted by molar-refractivity contribution is -0.384. The van der Waals surface area contributed by atoms with Crippen LogP contribution in [-0.2, 0) is 6.42 Å². The van der Waals surface area contributed by atoms with Crippen LogP contribution in [0.1, 0.15) is 18.1 Å². The van der Waals surface area contributed by atoms with Crippen LogP contribution in [0.15, 0.2) is 77.8 Å². The molecule has 0 aliphatic carbocycles. The van der Waals surface area contributed by atoms with Crippen molar-refractivity contribution in [2.45, 2.75) is 13.3 Å². The van der Waals surface area contributed by atoms with Crippen LogP contribution in [0.25, 0.3) is 21.7 Å². The van der Waals surface area contributed by atoms with Crippen LogP contribution in [-0.4, -0.2) is 16.1 Å². The van der Waals surface area contributed by atoms with Gasteiger partial charge in [0.1, 0.15) is 0 Å². The summed E-state index contributed by atoms with van der Waals surface area (Å²) < 4.78 is 0. The van der Waals surface area contributed by atoms with Crippen molar-refractivity contribution >= 4 is 40.0 Å². The number of aliphatic imine (C=N–C) groups is 1. The summed E-state index contributed by atoms with van der Waals surface area (Å²) in [6.45, 7) is 2.11. The summed E-state index contributed by atoms with van der Waals surface area (Å²) in [4.78, 5) is 20.8. The molecule has 0 fully saturated rings. The molecular weight excluding hydrogens is 430 g/mol. The number of benzene rings is 3. The second-order valence-corrected chi connectivity index (χ2v) is 8.26. The Kier molecular flexibility index (Phi) is 6.21. The molecule has 0 unspecified atom stereocenters. The van der Waals surface area contributed by atoms with Crippen LogP contribution < -0.4 is 0 Å². The highest BCUT2D eigenvalue weighted by molar-refractivity contribution is 7.19. The molecule has 7 heteroatoms. The van der Waals surface area contributed by atoms with Crippen molar-refractivity contribution in [3.8, 4) is 21.7 Å². The van der Waals surface area contributed by atoms with Gasteiger partial charge in [0.15, 0.2) is 0 Å². The van der Waals surface area contributed by atoms with Gasteiger partial charge < -0.3 is 0 Å². The van der Waals surface area contributed by atoms with Gasteiger partial charge in [0.2, 0.25) is 5.13 Å². The first-order valence-electron chi connectivity index (χ1n) is 9.68. The fraction of sp³-hybridized carbons (Fsp3) is 0.0833. The standard InChI is InChI=1S/C24H18ClN3O2S/c1-2-16-6-8-18(9-7-16)22-23(19-10-12-21(13-11-19)28(29)30)31-24(27-22)26-15-17-4-3-5-20(25)14-17/h3-15H,2H2,1H3. The van der Waals surface area contributed by atoms with Gasteiger partial charge in [0.05, 0.1) is 15.5 Å². The zero-order valence-corrected chi connectivity index (χ0v) is 18.2. The number of nitrogens with zero attached hydrogens (tertiary/aromatic N) is 3. The Bertz CT molecular complexity index is 1250. The van der Waals surface area contributed by atoms with Crippen molar-refractivity contribution < 1.29 is 4.92 Å². The zero-order chi connectivity index (χ0) is 21.8. The van der Waals surface area contributed by atoms with Gasteiger partial charge in [0, 0.05) is 28.9 Å². The molecule has 5 nitrogen and oxygen atoms in total. The summed E-state index contributed by atoms with van der Waals surface area (Å²) in [6.07, 6.45) is 2.69. The predicted octanol–water partition coefficient (Wildman–Crippen LogP) is 7.35. The van der Waals surface area contributed by atoms with E-state index >= 15 is 0 Å². The first-order valence-corrected chi connectivity index (χ1v) is 10.9. The molecule has 0 spiro atoms. The highest BCUT2D eigenvalue weighted by atomic mass is 35.5. The highest BCUT2D eigenvalue weighted by Crippen LogP contribution is 2.40. The Morgan fingerprint density at radius 1 is 1.06 bits per heavy atom. The number of halogens is 1. The lowest BCUT2D eigenvalue weighted by atomic mass is 10.0. The number of hydrogen-bond acceptors (Lipinski definition) is 5. The van der Waals surface area contributed by atoms with E-state index in [-0.39, 0.29) is 5.69 Å². The maximum absolute atomic E-state index is 11.0. The van der Waals surface area contributed by atoms with Gasteiger partial charge in [-0.1, -0.05) is 66.3 Å². The van der Waals surface area contributed by atoms with Crippen molar-refractivity contribution in [2.75, 3.05) is 0 Å². The number of aryl methyl sites for hydroxylation is 1. The summed E-state index contributed by atoms with van der Waals surface area (Å²) in [5, 5.41) is 12.3. The molecule has 0 saturated heterocycles. The van der Waals surface area contributed by atoms with Crippen LogP contribution in [0.5, 0.6) is 0 Å². The zero-order valence-electron chi connectivity index (χ0n) is 16.7. The van der Waals surface area contributed by atoms with Crippen LogP contribution in [0.4, 0.5) is 10.8 Å². The molecule has 0 radical (unpaired) electrons. The fourth-order valence-corrected chi connectivity index (χ4v) is 4.24. The molecular formula is C24H18ClN3O2S. The topological polar surface area (TPSA) is 68.4 Å². The van der Waals surface area contributed by atoms with Gasteiger partial charge in [-0.3, -0.25) is 10.1 Å². The number of aromatic nitrogens is 1. The lowest BCUT2D eigenvalue weighted by Gasteiger charge is -2.04. The number of nitro benzene ring substituents is 1. The van der Waals surface area contributed by atoms with Crippen LogP contribution in [0, 0.1) is 10.1 Å². The number of rotatable bonds is 6. The second-order valence-electron chi connectivity index (χ2n) is 6.84. The largest absolute Gasteiger partial charge is 0.269 e. The monoisotopic (exact) mass is 447 g/mol. The van der Waals surface area contributed by atoms with Gasteiger partial charge in [-0.25, -0.2) is 9.98 Å². The molecule has 4 rings (SSSR count). The number of nitro groups is 1. The fourth-order valence-electron chi connectivity index (χ4n) is 3.10. The van der Waals surface area contributed by atoms with Crippen molar-refractivity contribution in [1.29, 1.82) is 0 Å². The third-order valence-electron chi connectivity index (χ3n) is 4.76. The number of thiazole rings is 1. The molecule has 31 heavy (non-hydrogen) atoms. The maximum atomic E-state index is 11.0. The molecule has 0 bridgehead atoms. The average Bonchev–Trinajstić information content (AvgIpc) is 3.22. The molecule has 0 aliphatic rings. The van der Waals surface area contributed by atoms with Gasteiger partial charge >= 0.3 is 0 Å². The predicted molar refractivity (Wildman–Crippen MR) is 128 cm³/mol. The molecule has 1 heterocycles. The first kappa shape index (κ1) is 20.9. The van der Waals surface area contributed by atoms with Gasteiger partial charge in [-0.15, -0.1) is 0 Å². The van der Waals surface area contributed by atoms with E-state index in [4.69, 9.17) is 16.6 Å². The molecule has 0 atom stereocenters. The van der Waals surface area contributed by atoms with E-state index in [0.717, 1.165) is 33.7 Å². The average molecular weight is 448 g/mol. The van der Waals surface area contributed by atoms with E-state index in [2.05, 4.69) is 24.0 Å². The summed E-state index contributed by atoms with van der Waals surface area (Å²) in [5.41, 5.74) is 4.83. The molecule has 3 aromatic carbocycles. The summed E-state index contributed by atoms with van der Waals surface area (Å²) in [6, 6.07) is 22.2. The third-order valence-corrected chi connectivity index (χ3v) is 6.01. The molecule has 0 N–H and O–H groups in total. The smallest absolute Gasteiger partial charge is 0.258 e. The summed E-state index contributed by atoms with van der Waals surface area (Å²) in [5.74, 6) is 0. The Labute approximate surface area is 188 Å². The molecule has 154 valence electrons. The molecule has 0 saturated carbocycles. The first-order chi connectivity index (χ1) is 15.0. The van der Waals surface area contributed by atoms with E-state index in [1.165, 1.54) is 29.0 Å². The van der Waals surface area contributed by atoms with Crippen molar-refractivity contribution in [1.82, 2.24) is 4.98 Å². The normalized spacial score (nSPS) is 11.2. The maximum Gasteiger partial charge on any atom is 0.269 e. The Morgan fingerprint density at radius 3 is 2.42 bits per heavy atom. The van der Waals surface area contributed by atoms with Crippen molar-refractivity contribution in [3.05, 3.63) is 99.1 Å². The van der Waals surface area contributed by atoms with E-state index in [1.807, 2.05) is 36.4 Å². The Morgan fingerprint density at radius 2 is 1.77 bits per heavy atom. The van der Waals surface area contributed by atoms with Gasteiger partial charge in [0.25, 0.3) is 5.69 Å². The molecule has 1 aromatic heterocycles. The quantitative estimate of drug-likeness (QED) is 0.176. The Hall–Kier alpha value is -3.35. The van der Waals surface area contributed by atoms with Crippen LogP contribution in [0.3, 0.4) is 0 Å². The number of non-ortho nitro benzene ring substituents is 1. The van der Waals surface area contributed by atoms with Crippen LogP contribution >= 0.6 is 22.9 Å². The lowest BCUT2D eigenvalue weighted by Crippen LogP contribution is -1.88. The third kappa shape index (κ3) is 4.87. The van der Waals surface area contributed by atoms with Crippen molar-refractivity contribution in [2.24, 2.45) is 4.99 Å². The SMILES string of the molecule is CCc1ccc(-c2nc(N=Cc3cccc(Cl)c3)sc2-c2ccc([N+](=O)[O-])cc2)cc1. The van der Waals surface area contributed by atoms with Crippen LogP contribution in [0.2, 0.25) is 5.02 Å². The van der Waals surface area contributed by atoms with E-state index in [1.54, 1.807) is 18.3 Å². The highest BCUT2D eigenvalue weighted by Gasteiger charge is 2.16. The second kappa shape index (κ2) is 9.20. The van der Waals surface area contributed by atoms with E-state index in [9.17, 15) is 10.1 Å². The minimum absolute atomic E-state index is 0.0568. The number of hydrogen-bond donors (Lipinski definition) is 0. The summed E-state index contributed by atoms with van der Waals surface area (Å²) in [7, 11) is 0.